The Labute approximate surface area is 117 Å². The number of aromatic nitrogens is 1. The van der Waals surface area contributed by atoms with Gasteiger partial charge in [-0.15, -0.1) is 0 Å². The molecule has 16 heavy (non-hydrogen) atoms. The van der Waals surface area contributed by atoms with Crippen LogP contribution in [0.1, 0.15) is 30.7 Å². The molecule has 4 nitrogen and oxygen atoms in total. The zero-order valence-corrected chi connectivity index (χ0v) is 9.13. The first kappa shape index (κ1) is 13.9. The van der Waals surface area contributed by atoms with Crippen LogP contribution in [0.2, 0.25) is 0 Å². The molecule has 0 amide bonds. The van der Waals surface area contributed by atoms with E-state index in [9.17, 15) is 5.11 Å². The number of hydrogen-bond acceptors (Lipinski definition) is 4. The molecule has 0 bridgehead atoms. The monoisotopic (exact) mass is 232 g/mol. The molecule has 1 radical (unpaired) electrons. The van der Waals surface area contributed by atoms with Crippen LogP contribution in [-0.4, -0.2) is 45.4 Å². The van der Waals surface area contributed by atoms with Gasteiger partial charge in [0.15, 0.2) is 5.79 Å². The molecule has 0 unspecified atom stereocenters. The van der Waals surface area contributed by atoms with Gasteiger partial charge in [0, 0.05) is 11.1 Å². The minimum absolute atomic E-state index is 0. The first-order valence-electron chi connectivity index (χ1n) is 4.86. The summed E-state index contributed by atoms with van der Waals surface area (Å²) in [6.07, 6.45) is 2.86. The number of aromatic hydroxyl groups is 1. The van der Waals surface area contributed by atoms with Crippen molar-refractivity contribution in [2.45, 2.75) is 39.8 Å². The standard InChI is InChI=1S/C11H14NO3.Na.H/c1-7-10(13)9-6-15-11(2,3)14-5-8(9)4-12-7;;/h13H,5-6H2,1-3H3;;. The Morgan fingerprint density at radius 3 is 2.62 bits per heavy atom. The third kappa shape index (κ3) is 2.76. The van der Waals surface area contributed by atoms with Crippen LogP contribution in [0.25, 0.3) is 0 Å². The Hall–Kier alpha value is -0.130. The summed E-state index contributed by atoms with van der Waals surface area (Å²) in [6.45, 7) is 6.12. The first-order valence-corrected chi connectivity index (χ1v) is 4.86. The maximum absolute atomic E-state index is 9.82. The number of fused-ring (bicyclic) bond motifs is 1. The zero-order chi connectivity index (χ0) is 11.1. The summed E-state index contributed by atoms with van der Waals surface area (Å²) in [5.74, 6) is -0.447. The van der Waals surface area contributed by atoms with Crippen molar-refractivity contribution < 1.29 is 14.6 Å². The maximum atomic E-state index is 9.82. The number of rotatable bonds is 0. The van der Waals surface area contributed by atoms with Crippen LogP contribution in [0, 0.1) is 13.1 Å². The predicted molar refractivity (Wildman–Crippen MR) is 60.3 cm³/mol. The second kappa shape index (κ2) is 5.02. The van der Waals surface area contributed by atoms with Crippen LogP contribution < -0.4 is 0 Å². The molecule has 1 aromatic rings. The summed E-state index contributed by atoms with van der Waals surface area (Å²) in [6, 6.07) is 0. The summed E-state index contributed by atoms with van der Waals surface area (Å²) < 4.78 is 11.0. The number of aryl methyl sites for hydroxylation is 1. The van der Waals surface area contributed by atoms with Crippen LogP contribution >= 0.6 is 0 Å². The molecule has 0 fully saturated rings. The summed E-state index contributed by atoms with van der Waals surface area (Å²) in [5, 5.41) is 9.82. The van der Waals surface area contributed by atoms with E-state index in [0.717, 1.165) is 11.1 Å². The predicted octanol–water partition coefficient (Wildman–Crippen LogP) is 1.03. The van der Waals surface area contributed by atoms with Crippen LogP contribution in [-0.2, 0) is 22.7 Å². The van der Waals surface area contributed by atoms with Crippen molar-refractivity contribution in [3.05, 3.63) is 23.0 Å². The SMILES string of the molecule is Cc1n[c]c2c(c1O)COC(C)(C)OC2.[NaH]. The van der Waals surface area contributed by atoms with Gasteiger partial charge in [0.2, 0.25) is 0 Å². The van der Waals surface area contributed by atoms with E-state index in [2.05, 4.69) is 11.2 Å². The summed E-state index contributed by atoms with van der Waals surface area (Å²) in [5.41, 5.74) is 2.06. The Kier molecular flexibility index (Phi) is 4.37. The van der Waals surface area contributed by atoms with Crippen LogP contribution in [0.3, 0.4) is 0 Å². The molecule has 2 rings (SSSR count). The summed E-state index contributed by atoms with van der Waals surface area (Å²) in [7, 11) is 0. The van der Waals surface area contributed by atoms with Crippen molar-refractivity contribution in [2.75, 3.05) is 0 Å². The molecular formula is C11H15NNaO3. The van der Waals surface area contributed by atoms with Gasteiger partial charge in [0.05, 0.1) is 25.1 Å². The van der Waals surface area contributed by atoms with Gasteiger partial charge in [-0.2, -0.15) is 0 Å². The fourth-order valence-electron chi connectivity index (χ4n) is 1.44. The topological polar surface area (TPSA) is 51.6 Å². The first-order chi connectivity index (χ1) is 6.99. The molecule has 0 aliphatic carbocycles. The molecule has 0 saturated heterocycles. The second-order valence-electron chi connectivity index (χ2n) is 4.09. The van der Waals surface area contributed by atoms with Gasteiger partial charge in [-0.25, -0.2) is 4.98 Å². The van der Waals surface area contributed by atoms with Crippen LogP contribution in [0.4, 0.5) is 0 Å². The fraction of sp³-hybridized carbons (Fsp3) is 0.545. The molecule has 1 aliphatic heterocycles. The summed E-state index contributed by atoms with van der Waals surface area (Å²) in [4.78, 5) is 3.97. The van der Waals surface area contributed by atoms with Crippen molar-refractivity contribution in [1.82, 2.24) is 4.98 Å². The van der Waals surface area contributed by atoms with Gasteiger partial charge < -0.3 is 14.6 Å². The van der Waals surface area contributed by atoms with Crippen molar-refractivity contribution >= 4 is 29.6 Å². The van der Waals surface area contributed by atoms with E-state index in [4.69, 9.17) is 9.47 Å². The third-order valence-corrected chi connectivity index (χ3v) is 2.48. The Bertz CT molecular complexity index is 393. The van der Waals surface area contributed by atoms with Crippen LogP contribution in [0.15, 0.2) is 0 Å². The van der Waals surface area contributed by atoms with Crippen LogP contribution in [0.5, 0.6) is 5.75 Å². The van der Waals surface area contributed by atoms with E-state index < -0.39 is 5.79 Å². The number of nitrogens with zero attached hydrogens (tertiary/aromatic N) is 1. The fourth-order valence-corrected chi connectivity index (χ4v) is 1.44. The van der Waals surface area contributed by atoms with Gasteiger partial charge in [-0.3, -0.25) is 0 Å². The van der Waals surface area contributed by atoms with Gasteiger partial charge in [0.25, 0.3) is 0 Å². The van der Waals surface area contributed by atoms with E-state index >= 15 is 0 Å². The van der Waals surface area contributed by atoms with Gasteiger partial charge in [-0.05, 0) is 20.8 Å². The Balaban J connectivity index is 0.00000128. The van der Waals surface area contributed by atoms with Crippen molar-refractivity contribution in [2.24, 2.45) is 0 Å². The molecule has 0 aromatic carbocycles. The summed E-state index contributed by atoms with van der Waals surface area (Å²) >= 11 is 0. The molecule has 2 heterocycles. The van der Waals surface area contributed by atoms with E-state index in [1.165, 1.54) is 0 Å². The quantitative estimate of drug-likeness (QED) is 0.679. The van der Waals surface area contributed by atoms with E-state index in [1.54, 1.807) is 6.92 Å². The molecule has 1 N–H and O–H groups in total. The van der Waals surface area contributed by atoms with Crippen molar-refractivity contribution in [3.8, 4) is 5.75 Å². The molecule has 1 aliphatic rings. The van der Waals surface area contributed by atoms with Gasteiger partial charge in [0.1, 0.15) is 5.75 Å². The van der Waals surface area contributed by atoms with E-state index in [0.29, 0.717) is 18.9 Å². The molecule has 83 valence electrons. The minimum atomic E-state index is -0.632. The zero-order valence-electron chi connectivity index (χ0n) is 9.13. The van der Waals surface area contributed by atoms with E-state index in [1.807, 2.05) is 13.8 Å². The average Bonchev–Trinajstić information content (AvgIpc) is 2.32. The number of ether oxygens (including phenoxy) is 2. The molecule has 1 aromatic heterocycles. The second-order valence-corrected chi connectivity index (χ2v) is 4.09. The molecule has 5 heteroatoms. The Morgan fingerprint density at radius 1 is 1.31 bits per heavy atom. The molecule has 0 saturated carbocycles. The van der Waals surface area contributed by atoms with Gasteiger partial charge >= 0.3 is 29.6 Å². The normalized spacial score (nSPS) is 18.2. The van der Waals surface area contributed by atoms with Crippen molar-refractivity contribution in [1.29, 1.82) is 0 Å². The average molecular weight is 232 g/mol. The molecule has 0 atom stereocenters. The Morgan fingerprint density at radius 2 is 1.94 bits per heavy atom. The molecular weight excluding hydrogens is 217 g/mol. The van der Waals surface area contributed by atoms with Gasteiger partial charge in [-0.1, -0.05) is 0 Å². The van der Waals surface area contributed by atoms with E-state index in [-0.39, 0.29) is 35.3 Å². The number of hydrogen-bond donors (Lipinski definition) is 1. The number of pyridine rings is 1. The molecule has 0 spiro atoms. The third-order valence-electron chi connectivity index (χ3n) is 2.48. The van der Waals surface area contributed by atoms with Crippen molar-refractivity contribution in [3.63, 3.8) is 0 Å².